The van der Waals surface area contributed by atoms with Crippen molar-refractivity contribution in [3.05, 3.63) is 142 Å². The lowest BCUT2D eigenvalue weighted by atomic mass is 9.66. The Morgan fingerprint density at radius 2 is 0.923 bits per heavy atom. The van der Waals surface area contributed by atoms with Crippen molar-refractivity contribution >= 4 is 10.8 Å². The minimum Gasteiger partial charge on any atom is -0.0587 e. The molecule has 0 heteroatoms. The molecule has 0 aromatic heterocycles. The third kappa shape index (κ3) is 4.04. The van der Waals surface area contributed by atoms with Gasteiger partial charge in [-0.05, 0) is 92.1 Å². The van der Waals surface area contributed by atoms with Crippen LogP contribution in [0.1, 0.15) is 86.1 Å². The number of fused-ring (bicyclic) bond motifs is 4. The Bertz CT molecular complexity index is 1640. The van der Waals surface area contributed by atoms with E-state index in [1.165, 1.54) is 66.4 Å². The number of aryl methyl sites for hydroxylation is 2. The highest BCUT2D eigenvalue weighted by Crippen LogP contribution is 2.57. The molecule has 0 unspecified atom stereocenters. The predicted octanol–water partition coefficient (Wildman–Crippen LogP) is 10.4. The maximum absolute atomic E-state index is 2.47. The van der Waals surface area contributed by atoms with E-state index in [0.29, 0.717) is 0 Å². The molecule has 0 saturated heterocycles. The van der Waals surface area contributed by atoms with E-state index in [1.54, 1.807) is 0 Å². The highest BCUT2D eigenvalue weighted by molar-refractivity contribution is 5.96. The van der Waals surface area contributed by atoms with Gasteiger partial charge in [-0.3, -0.25) is 0 Å². The van der Waals surface area contributed by atoms with Crippen LogP contribution in [0.3, 0.4) is 0 Å². The van der Waals surface area contributed by atoms with Gasteiger partial charge in [0.05, 0.1) is 5.41 Å². The summed E-state index contributed by atoms with van der Waals surface area (Å²) in [5, 5.41) is 2.60. The van der Waals surface area contributed by atoms with Gasteiger partial charge in [-0.25, -0.2) is 0 Å². The summed E-state index contributed by atoms with van der Waals surface area (Å²) >= 11 is 0. The van der Waals surface area contributed by atoms with Gasteiger partial charge in [-0.15, -0.1) is 0 Å². The zero-order valence-electron chi connectivity index (χ0n) is 24.7. The van der Waals surface area contributed by atoms with Crippen LogP contribution >= 0.6 is 0 Å². The van der Waals surface area contributed by atoms with Crippen LogP contribution < -0.4 is 0 Å². The van der Waals surface area contributed by atoms with Gasteiger partial charge in [-0.1, -0.05) is 138 Å². The number of hydrogen-bond acceptors (Lipinski definition) is 0. The van der Waals surface area contributed by atoms with E-state index >= 15 is 0 Å². The van der Waals surface area contributed by atoms with Gasteiger partial charge >= 0.3 is 0 Å². The molecule has 39 heavy (non-hydrogen) atoms. The second-order valence-corrected chi connectivity index (χ2v) is 13.7. The molecule has 5 aromatic rings. The molecule has 196 valence electrons. The Morgan fingerprint density at radius 3 is 1.46 bits per heavy atom. The summed E-state index contributed by atoms with van der Waals surface area (Å²) in [5.74, 6) is 0. The van der Waals surface area contributed by atoms with E-state index in [2.05, 4.69) is 152 Å². The first-order valence-corrected chi connectivity index (χ1v) is 14.3. The van der Waals surface area contributed by atoms with Gasteiger partial charge < -0.3 is 0 Å². The second kappa shape index (κ2) is 8.68. The monoisotopic (exact) mass is 508 g/mol. The van der Waals surface area contributed by atoms with E-state index in [-0.39, 0.29) is 16.2 Å². The molecular formula is C39H40. The summed E-state index contributed by atoms with van der Waals surface area (Å²) in [5.41, 5.74) is 13.3. The highest BCUT2D eigenvalue weighted by Gasteiger charge is 2.46. The maximum atomic E-state index is 2.47. The molecule has 6 rings (SSSR count). The van der Waals surface area contributed by atoms with Crippen molar-refractivity contribution in [2.24, 2.45) is 0 Å². The lowest BCUT2D eigenvalue weighted by molar-refractivity contribution is 0.588. The fourth-order valence-electron chi connectivity index (χ4n) is 6.53. The van der Waals surface area contributed by atoms with Crippen LogP contribution in [-0.2, 0) is 16.2 Å². The third-order valence-corrected chi connectivity index (χ3v) is 8.77. The van der Waals surface area contributed by atoms with E-state index in [4.69, 9.17) is 0 Å². The summed E-state index contributed by atoms with van der Waals surface area (Å²) in [7, 11) is 0. The van der Waals surface area contributed by atoms with Crippen molar-refractivity contribution in [3.63, 3.8) is 0 Å². The third-order valence-electron chi connectivity index (χ3n) is 8.77. The van der Waals surface area contributed by atoms with Crippen molar-refractivity contribution < 1.29 is 0 Å². The molecule has 0 amide bonds. The Labute approximate surface area is 234 Å². The normalized spacial score (nSPS) is 14.4. The largest absolute Gasteiger partial charge is 0.0713 e. The lowest BCUT2D eigenvalue weighted by Gasteiger charge is -2.35. The molecule has 0 heterocycles. The first-order chi connectivity index (χ1) is 18.4. The van der Waals surface area contributed by atoms with E-state index < -0.39 is 0 Å². The second-order valence-electron chi connectivity index (χ2n) is 13.7. The molecule has 0 spiro atoms. The van der Waals surface area contributed by atoms with Crippen LogP contribution in [0.4, 0.5) is 0 Å². The van der Waals surface area contributed by atoms with Crippen LogP contribution in [-0.4, -0.2) is 0 Å². The van der Waals surface area contributed by atoms with Crippen LogP contribution in [0.2, 0.25) is 0 Å². The summed E-state index contributed by atoms with van der Waals surface area (Å²) in [6.07, 6.45) is 0. The fourth-order valence-corrected chi connectivity index (χ4v) is 6.53. The van der Waals surface area contributed by atoms with E-state index in [1.807, 2.05) is 0 Å². The average molecular weight is 509 g/mol. The zero-order chi connectivity index (χ0) is 27.7. The van der Waals surface area contributed by atoms with Crippen LogP contribution in [0, 0.1) is 13.8 Å². The number of rotatable bonds is 2. The average Bonchev–Trinajstić information content (AvgIpc) is 3.15. The molecule has 0 fully saturated rings. The molecule has 0 bridgehead atoms. The minimum atomic E-state index is -0.387. The molecule has 0 radical (unpaired) electrons. The topological polar surface area (TPSA) is 0 Å². The van der Waals surface area contributed by atoms with Gasteiger partial charge in [-0.2, -0.15) is 0 Å². The highest BCUT2D eigenvalue weighted by atomic mass is 14.5. The zero-order valence-corrected chi connectivity index (χ0v) is 24.7. The van der Waals surface area contributed by atoms with Gasteiger partial charge in [0, 0.05) is 0 Å². The summed E-state index contributed by atoms with van der Waals surface area (Å²) < 4.78 is 0. The first kappa shape index (κ1) is 25.6. The smallest absolute Gasteiger partial charge is 0.0587 e. The number of hydrogen-bond donors (Lipinski definition) is 0. The molecule has 5 aromatic carbocycles. The summed E-state index contributed by atoms with van der Waals surface area (Å²) in [6, 6.07) is 37.7. The Morgan fingerprint density at radius 1 is 0.436 bits per heavy atom. The molecule has 1 aliphatic rings. The Balaban J connectivity index is 1.74. The van der Waals surface area contributed by atoms with Crippen LogP contribution in [0.5, 0.6) is 0 Å². The van der Waals surface area contributed by atoms with E-state index in [0.717, 1.165) is 0 Å². The lowest BCUT2D eigenvalue weighted by Crippen LogP contribution is -2.29. The quantitative estimate of drug-likeness (QED) is 0.218. The van der Waals surface area contributed by atoms with E-state index in [9.17, 15) is 0 Å². The Kier molecular flexibility index (Phi) is 5.71. The van der Waals surface area contributed by atoms with Gasteiger partial charge in [0.1, 0.15) is 0 Å². The molecule has 0 nitrogen and oxygen atoms in total. The van der Waals surface area contributed by atoms with Crippen LogP contribution in [0.25, 0.3) is 21.9 Å². The molecule has 0 N–H and O–H groups in total. The predicted molar refractivity (Wildman–Crippen MR) is 168 cm³/mol. The SMILES string of the molecule is Cc1ccc2c(c1)C(c1ccc(C(C)(C)C)cc1)(c1ccc(C(C)(C)C)cc1)c1cc3cc(C)ccc3cc1-2. The summed E-state index contributed by atoms with van der Waals surface area (Å²) in [6.45, 7) is 18.2. The maximum Gasteiger partial charge on any atom is 0.0713 e. The van der Waals surface area contributed by atoms with Crippen molar-refractivity contribution in [3.8, 4) is 11.1 Å². The Hall–Kier alpha value is -3.64. The molecule has 0 atom stereocenters. The molecule has 0 aliphatic heterocycles. The molecule has 0 saturated carbocycles. The van der Waals surface area contributed by atoms with Crippen molar-refractivity contribution in [1.29, 1.82) is 0 Å². The van der Waals surface area contributed by atoms with Crippen molar-refractivity contribution in [2.75, 3.05) is 0 Å². The minimum absolute atomic E-state index is 0.107. The van der Waals surface area contributed by atoms with Crippen molar-refractivity contribution in [2.45, 2.75) is 71.6 Å². The van der Waals surface area contributed by atoms with Gasteiger partial charge in [0.15, 0.2) is 0 Å². The summed E-state index contributed by atoms with van der Waals surface area (Å²) in [4.78, 5) is 0. The number of benzene rings is 5. The molecule has 1 aliphatic carbocycles. The van der Waals surface area contributed by atoms with Crippen molar-refractivity contribution in [1.82, 2.24) is 0 Å². The van der Waals surface area contributed by atoms with Crippen LogP contribution in [0.15, 0.2) is 97.1 Å². The molecular weight excluding hydrogens is 468 g/mol. The first-order valence-electron chi connectivity index (χ1n) is 14.3. The van der Waals surface area contributed by atoms with Gasteiger partial charge in [0.25, 0.3) is 0 Å². The fraction of sp³-hybridized carbons (Fsp3) is 0.282. The van der Waals surface area contributed by atoms with Gasteiger partial charge in [0.2, 0.25) is 0 Å². The standard InChI is InChI=1S/C39H40/c1-25-9-11-27-23-34-33-20-10-26(2)22-35(33)39(36(34)24-28(27)21-25,31-16-12-29(13-17-31)37(3,4)5)32-18-14-30(15-19-32)38(6,7)8/h9-24H,1-8H3.